The summed E-state index contributed by atoms with van der Waals surface area (Å²) in [4.78, 5) is 186. The number of amides is 13. The lowest BCUT2D eigenvalue weighted by Gasteiger charge is -2.31. The first-order chi connectivity index (χ1) is 49.9. The van der Waals surface area contributed by atoms with Crippen molar-refractivity contribution in [1.82, 2.24) is 68.4 Å². The lowest BCUT2D eigenvalue weighted by molar-refractivity contribution is -0.145. The fourth-order valence-electron chi connectivity index (χ4n) is 11.6. The molecule has 0 unspecified atom stereocenters. The number of primary amides is 2. The topological polar surface area (TPSA) is 502 Å². The number of carbonyl (C=O) groups excluding carboxylic acids is 13. The zero-order chi connectivity index (χ0) is 76.9. The summed E-state index contributed by atoms with van der Waals surface area (Å²) in [6.07, 6.45) is 2.53. The lowest BCUT2D eigenvalue weighted by atomic mass is 9.99. The summed E-state index contributed by atoms with van der Waals surface area (Å²) >= 11 is 6.24. The van der Waals surface area contributed by atoms with Crippen LogP contribution < -0.4 is 75.7 Å². The molecule has 0 saturated carbocycles. The fourth-order valence-corrected chi connectivity index (χ4v) is 11.7. The SMILES string of the molecule is CC(=O)N[C@H](Cc1ccc2ccccc2c1)C(=O)N[C@H](Cc1ccc(Cl)cc1)C(=O)N[C@H](Cc1cccnc1)C(=O)N[C@@H](COC(C)=O)C(=O)N[C@@H](Cc1ccc(O)cc1)C(=O)N[C@H](CCCNC(N)=O)C(=O)N[C@@H](CC(C)C)C(=O)N[C@@H](CCCNC(=N)N)C(=O)N1CCC[C@H]1C(=O)N[C@H](C)C(N)=O. The molecule has 1 aliphatic rings. The van der Waals surface area contributed by atoms with Gasteiger partial charge >= 0.3 is 12.0 Å². The number of ether oxygens (including phenoxy) is 1. The van der Waals surface area contributed by atoms with Gasteiger partial charge in [-0.05, 0) is 121 Å². The fraction of sp³-hybridized carbons (Fsp3) is 0.431. The number of fused-ring (bicyclic) bond motifs is 1. The minimum Gasteiger partial charge on any atom is -0.508 e. The minimum absolute atomic E-state index is 0.0120. The molecule has 564 valence electrons. The van der Waals surface area contributed by atoms with Gasteiger partial charge < -0.3 is 90.4 Å². The lowest BCUT2D eigenvalue weighted by Crippen LogP contribution is -2.62. The van der Waals surface area contributed by atoms with E-state index in [0.29, 0.717) is 33.7 Å². The van der Waals surface area contributed by atoms with E-state index in [1.807, 2.05) is 42.5 Å². The van der Waals surface area contributed by atoms with Crippen LogP contribution in [0.15, 0.2) is 116 Å². The Balaban J connectivity index is 1.29. The summed E-state index contributed by atoms with van der Waals surface area (Å²) in [5.74, 6) is -11.0. The van der Waals surface area contributed by atoms with Gasteiger partial charge in [-0.3, -0.25) is 67.9 Å². The van der Waals surface area contributed by atoms with Crippen LogP contribution in [0.25, 0.3) is 10.8 Å². The summed E-state index contributed by atoms with van der Waals surface area (Å²) in [6, 6.07) is 13.1. The van der Waals surface area contributed by atoms with Crippen LogP contribution in [0, 0.1) is 11.3 Å². The summed E-state index contributed by atoms with van der Waals surface area (Å²) < 4.78 is 5.31. The number of carbonyl (C=O) groups is 13. The van der Waals surface area contributed by atoms with Crippen LogP contribution in [0.4, 0.5) is 4.79 Å². The van der Waals surface area contributed by atoms with Crippen LogP contribution in [0.5, 0.6) is 5.75 Å². The maximum absolute atomic E-state index is 15.0. The molecule has 33 heteroatoms. The second kappa shape index (κ2) is 41.0. The molecule has 19 N–H and O–H groups in total. The van der Waals surface area contributed by atoms with Gasteiger partial charge in [-0.15, -0.1) is 0 Å². The maximum atomic E-state index is 15.0. The third-order valence-corrected chi connectivity index (χ3v) is 17.2. The molecule has 2 heterocycles. The summed E-state index contributed by atoms with van der Waals surface area (Å²) in [5.41, 5.74) is 18.2. The number of benzene rings is 4. The maximum Gasteiger partial charge on any atom is 0.312 e. The number of halogens is 1. The second-order valence-electron chi connectivity index (χ2n) is 26.0. The highest BCUT2D eigenvalue weighted by Gasteiger charge is 2.40. The van der Waals surface area contributed by atoms with Crippen molar-refractivity contribution in [3.63, 3.8) is 0 Å². The van der Waals surface area contributed by atoms with Crippen LogP contribution in [0.2, 0.25) is 5.02 Å². The van der Waals surface area contributed by atoms with Crippen LogP contribution in [-0.4, -0.2) is 185 Å². The number of hydrogen-bond acceptors (Lipinski definition) is 17. The number of guanidine groups is 1. The Morgan fingerprint density at radius 2 is 1.05 bits per heavy atom. The molecule has 0 aliphatic carbocycles. The van der Waals surface area contributed by atoms with Gasteiger partial charge in [0, 0.05) is 76.6 Å². The molecule has 0 spiro atoms. The zero-order valence-corrected chi connectivity index (χ0v) is 59.9. The average Bonchev–Trinajstić information content (AvgIpc) is 1.46. The van der Waals surface area contributed by atoms with E-state index < -0.39 is 144 Å². The van der Waals surface area contributed by atoms with Crippen molar-refractivity contribution in [3.05, 3.63) is 143 Å². The first-order valence-electron chi connectivity index (χ1n) is 34.4. The summed E-state index contributed by atoms with van der Waals surface area (Å²) in [5, 5.41) is 49.1. The Labute approximate surface area is 612 Å². The molecule has 6 rings (SSSR count). The van der Waals surface area contributed by atoms with Gasteiger partial charge in [-0.2, -0.15) is 0 Å². The van der Waals surface area contributed by atoms with Crippen molar-refractivity contribution in [2.24, 2.45) is 23.1 Å². The predicted octanol–water partition coefficient (Wildman–Crippen LogP) is 0.0647. The van der Waals surface area contributed by atoms with Gasteiger partial charge in [-0.25, -0.2) is 4.79 Å². The molecule has 32 nitrogen and oxygen atoms in total. The Bertz CT molecular complexity index is 3890. The molecular weight excluding hydrogens is 1380 g/mol. The number of phenols is 1. The molecule has 0 bridgehead atoms. The third kappa shape index (κ3) is 27.7. The van der Waals surface area contributed by atoms with Gasteiger partial charge in [-0.1, -0.05) is 98.2 Å². The number of nitrogens with one attached hydrogen (secondary N) is 12. The molecule has 105 heavy (non-hydrogen) atoms. The molecule has 4 aromatic carbocycles. The van der Waals surface area contributed by atoms with E-state index in [9.17, 15) is 62.6 Å². The zero-order valence-electron chi connectivity index (χ0n) is 59.1. The van der Waals surface area contributed by atoms with Crippen molar-refractivity contribution >= 4 is 105 Å². The number of aromatic hydroxyl groups is 1. The first kappa shape index (κ1) is 82.5. The molecule has 1 fully saturated rings. The monoisotopic (exact) mass is 1470 g/mol. The second-order valence-corrected chi connectivity index (χ2v) is 26.4. The molecule has 13 amide bonds. The van der Waals surface area contributed by atoms with Gasteiger partial charge in [0.05, 0.1) is 0 Å². The first-order valence-corrected chi connectivity index (χ1v) is 34.7. The number of rotatable bonds is 39. The highest BCUT2D eigenvalue weighted by molar-refractivity contribution is 6.30. The van der Waals surface area contributed by atoms with Gasteiger partial charge in [0.25, 0.3) is 0 Å². The number of pyridine rings is 1. The van der Waals surface area contributed by atoms with Crippen molar-refractivity contribution in [2.45, 2.75) is 166 Å². The largest absolute Gasteiger partial charge is 0.508 e. The van der Waals surface area contributed by atoms with Crippen molar-refractivity contribution in [3.8, 4) is 5.75 Å². The normalized spacial score (nSPS) is 15.0. The molecule has 0 radical (unpaired) electrons. The summed E-state index contributed by atoms with van der Waals surface area (Å²) in [7, 11) is 0. The van der Waals surface area contributed by atoms with Crippen LogP contribution >= 0.6 is 11.6 Å². The Morgan fingerprint density at radius 1 is 0.562 bits per heavy atom. The molecule has 1 aliphatic heterocycles. The van der Waals surface area contributed by atoms with Crippen LogP contribution in [0.1, 0.15) is 102 Å². The standard InChI is InChI=1S/C72H94ClN17O15/c1-40(2)32-54(63(96)84-53(16-10-29-79-71(75)76)70(103)90-31-11-17-60(90)69(102)81-41(3)61(74)94)85-62(95)52(15-9-30-80-72(77)104)83-65(98)56(35-45-21-26-51(93)27-22-45)88-68(101)59(39-105-43(5)92)89-67(100)58(37-47-12-8-28-78-38-47)87-66(99)57(34-44-19-24-50(73)25-20-44)86-64(97)55(82-42(4)91)36-46-18-23-48-13-6-7-14-49(48)33-46/h6-8,12-14,18-28,33,38,40-41,52-60,93H,9-11,15-17,29-32,34-37,39H2,1-5H3,(H2,74,94)(H,81,102)(H,82,91)(H,83,98)(H,84,96)(H,85,95)(H,86,97)(H,87,99)(H,88,101)(H,89,100)(H4,75,76,79)(H3,77,80,104)/t41-,52-,53+,54+,55-,56+,57-,58-,59+,60+/m1/s1. The molecule has 1 aromatic heterocycles. The van der Waals surface area contributed by atoms with Crippen LogP contribution in [-0.2, 0) is 88.0 Å². The van der Waals surface area contributed by atoms with E-state index in [2.05, 4.69) is 63.5 Å². The van der Waals surface area contributed by atoms with E-state index >= 15 is 4.79 Å². The smallest absolute Gasteiger partial charge is 0.312 e. The van der Waals surface area contributed by atoms with Gasteiger partial charge in [0.2, 0.25) is 65.0 Å². The van der Waals surface area contributed by atoms with Crippen LogP contribution in [0.3, 0.4) is 0 Å². The van der Waals surface area contributed by atoms with Gasteiger partial charge in [0.15, 0.2) is 5.96 Å². The Kier molecular flexibility index (Phi) is 32.2. The highest BCUT2D eigenvalue weighted by Crippen LogP contribution is 2.22. The van der Waals surface area contributed by atoms with E-state index in [1.54, 1.807) is 50.2 Å². The third-order valence-electron chi connectivity index (χ3n) is 17.0. The van der Waals surface area contributed by atoms with Crippen molar-refractivity contribution in [1.29, 1.82) is 5.41 Å². The number of hydrogen-bond donors (Lipinski definition) is 16. The molecule has 1 saturated heterocycles. The number of nitrogens with two attached hydrogens (primary N) is 3. The Hall–Kier alpha value is -11.4. The van der Waals surface area contributed by atoms with E-state index in [1.165, 1.54) is 55.4 Å². The number of aromatic nitrogens is 1. The Morgan fingerprint density at radius 3 is 1.60 bits per heavy atom. The number of likely N-dealkylation sites (tertiary alicyclic amines) is 1. The quantitative estimate of drug-likeness (QED) is 0.0107. The van der Waals surface area contributed by atoms with Crippen molar-refractivity contribution in [2.75, 3.05) is 26.2 Å². The number of nitrogens with zero attached hydrogens (tertiary/aromatic N) is 2. The van der Waals surface area contributed by atoms with Crippen molar-refractivity contribution < 1.29 is 72.2 Å². The number of esters is 1. The number of urea groups is 1. The van der Waals surface area contributed by atoms with E-state index in [4.69, 9.17) is 38.9 Å². The average molecular weight is 1470 g/mol. The predicted molar refractivity (Wildman–Crippen MR) is 387 cm³/mol. The summed E-state index contributed by atoms with van der Waals surface area (Å²) in [6.45, 7) is 6.42. The molecule has 10 atom stereocenters. The molecule has 5 aromatic rings. The molecular formula is C72H94ClN17O15. The number of phenolic OH excluding ortho intramolecular Hbond substituents is 1. The highest BCUT2D eigenvalue weighted by atomic mass is 35.5. The minimum atomic E-state index is -1.85. The van der Waals surface area contributed by atoms with Gasteiger partial charge in [0.1, 0.15) is 72.8 Å². The van der Waals surface area contributed by atoms with E-state index in [-0.39, 0.29) is 101 Å². The van der Waals surface area contributed by atoms with E-state index in [0.717, 1.165) is 17.7 Å².